The van der Waals surface area contributed by atoms with E-state index in [4.69, 9.17) is 52.4 Å². The van der Waals surface area contributed by atoms with E-state index in [2.05, 4.69) is 42.7 Å². The van der Waals surface area contributed by atoms with E-state index in [1.54, 1.807) is 36.7 Å². The summed E-state index contributed by atoms with van der Waals surface area (Å²) in [7, 11) is 0. The average molecular weight is 992 g/mol. The van der Waals surface area contributed by atoms with Gasteiger partial charge in [-0.15, -0.1) is 0 Å². The van der Waals surface area contributed by atoms with Crippen LogP contribution in [0, 0.1) is 36.5 Å². The lowest BCUT2D eigenvalue weighted by Gasteiger charge is -2.18. The molecule has 6 aromatic rings. The molecular weight excluding hydrogens is 944 g/mol. The van der Waals surface area contributed by atoms with Crippen molar-refractivity contribution in [3.05, 3.63) is 151 Å². The van der Waals surface area contributed by atoms with Crippen LogP contribution < -0.4 is 29.6 Å². The van der Waals surface area contributed by atoms with Gasteiger partial charge in [-0.05, 0) is 71.5 Å². The number of nitriles is 2. The van der Waals surface area contributed by atoms with Gasteiger partial charge in [0, 0.05) is 73.2 Å². The monoisotopic (exact) mass is 990 g/mol. The SMILES string of the molecule is Cc1c(COc2nc(OCc3cncc(C#N)c3)c(CNC[C@@H](O)CC(=O)O)cc2Cl)cccc1-c1cccc(COc2nc(OCc3cncc(C#N)c3)c(CNC[C@@H](O)CC(=O)O)cc2Cl)c1C. The van der Waals surface area contributed by atoms with Gasteiger partial charge in [0.15, 0.2) is 0 Å². The highest BCUT2D eigenvalue weighted by atomic mass is 35.5. The van der Waals surface area contributed by atoms with Crippen LogP contribution in [0.1, 0.15) is 68.5 Å². The van der Waals surface area contributed by atoms with Crippen LogP contribution in [0.25, 0.3) is 11.1 Å². The molecule has 70 heavy (non-hydrogen) atoms. The Labute approximate surface area is 413 Å². The first-order valence-corrected chi connectivity index (χ1v) is 22.4. The number of aliphatic hydroxyl groups is 2. The van der Waals surface area contributed by atoms with Crippen molar-refractivity contribution in [1.29, 1.82) is 10.5 Å². The Morgan fingerprint density at radius 3 is 1.39 bits per heavy atom. The smallest absolute Gasteiger partial charge is 0.306 e. The number of nitrogens with one attached hydrogen (secondary N) is 2. The summed E-state index contributed by atoms with van der Waals surface area (Å²) in [6, 6.07) is 22.4. The summed E-state index contributed by atoms with van der Waals surface area (Å²) in [5.41, 5.74) is 8.44. The van der Waals surface area contributed by atoms with Crippen molar-refractivity contribution in [2.45, 2.75) is 78.4 Å². The highest BCUT2D eigenvalue weighted by Crippen LogP contribution is 2.35. The van der Waals surface area contributed by atoms with Crippen molar-refractivity contribution in [2.24, 2.45) is 0 Å². The summed E-state index contributed by atoms with van der Waals surface area (Å²) in [6.45, 7) is 4.42. The summed E-state index contributed by atoms with van der Waals surface area (Å²) in [5, 5.41) is 63.3. The summed E-state index contributed by atoms with van der Waals surface area (Å²) >= 11 is 13.4. The lowest BCUT2D eigenvalue weighted by atomic mass is 9.92. The molecule has 0 aliphatic rings. The minimum Gasteiger partial charge on any atom is -0.481 e. The van der Waals surface area contributed by atoms with E-state index in [0.717, 1.165) is 33.4 Å². The molecular formula is C50H48Cl2N8O10. The Hall–Kier alpha value is -7.42. The first-order chi connectivity index (χ1) is 33.7. The number of aromatic nitrogens is 4. The number of nitrogens with zero attached hydrogens (tertiary/aromatic N) is 6. The molecule has 0 bridgehead atoms. The lowest BCUT2D eigenvalue weighted by Crippen LogP contribution is -2.28. The topological polar surface area (TPSA) is 275 Å². The molecule has 0 unspecified atom stereocenters. The summed E-state index contributed by atoms with van der Waals surface area (Å²) in [6.07, 6.45) is 2.91. The molecule has 2 atom stereocenters. The number of aliphatic carboxylic acids is 2. The number of halogens is 2. The van der Waals surface area contributed by atoms with Gasteiger partial charge in [0.1, 0.15) is 48.6 Å². The molecule has 4 aromatic heterocycles. The zero-order valence-corrected chi connectivity index (χ0v) is 39.5. The Morgan fingerprint density at radius 2 is 1.00 bits per heavy atom. The van der Waals surface area contributed by atoms with Gasteiger partial charge < -0.3 is 50.0 Å². The number of benzene rings is 2. The van der Waals surface area contributed by atoms with Crippen LogP contribution in [-0.2, 0) is 49.1 Å². The van der Waals surface area contributed by atoms with Crippen LogP contribution in [-0.4, -0.2) is 77.6 Å². The van der Waals surface area contributed by atoms with Gasteiger partial charge in [-0.3, -0.25) is 19.6 Å². The van der Waals surface area contributed by atoms with Crippen molar-refractivity contribution in [1.82, 2.24) is 30.6 Å². The van der Waals surface area contributed by atoms with Gasteiger partial charge in [0.2, 0.25) is 23.5 Å². The Bertz CT molecular complexity index is 2720. The Morgan fingerprint density at radius 1 is 0.600 bits per heavy atom. The third-order valence-corrected chi connectivity index (χ3v) is 11.2. The summed E-state index contributed by atoms with van der Waals surface area (Å²) in [4.78, 5) is 39.5. The van der Waals surface area contributed by atoms with E-state index >= 15 is 0 Å². The quantitative estimate of drug-likeness (QED) is 0.0345. The molecule has 20 heteroatoms. The standard InChI is InChI=1S/C50H48Cl2N8O10/c1-29-35(27-69-49-43(51)11-37(21-57-23-39(61)13-45(63)64)47(59-49)67-25-33-9-31(15-53)17-55-19-33)5-3-7-41(29)42-8-4-6-36(30(42)2)28-70-50-44(52)12-38(22-58-24-40(62)14-46(65)66)48(60-50)68-26-34-10-32(16-54)18-56-20-34/h3-12,17-20,39-40,57-58,61-62H,13-14,21-28H2,1-2H3,(H,63,64)(H,65,66)/t39-,40-/m0/s1. The fourth-order valence-corrected chi connectivity index (χ4v) is 7.56. The summed E-state index contributed by atoms with van der Waals surface area (Å²) in [5.74, 6) is -1.73. The fraction of sp³-hybridized carbons (Fsp3) is 0.280. The maximum atomic E-state index is 11.0. The summed E-state index contributed by atoms with van der Waals surface area (Å²) < 4.78 is 24.6. The molecule has 6 rings (SSSR count). The second kappa shape index (κ2) is 25.3. The second-order valence-corrected chi connectivity index (χ2v) is 16.8. The Balaban J connectivity index is 1.18. The van der Waals surface area contributed by atoms with Crippen molar-refractivity contribution in [2.75, 3.05) is 13.1 Å². The number of carbonyl (C=O) groups is 2. The zero-order chi connectivity index (χ0) is 50.2. The number of hydrogen-bond donors (Lipinski definition) is 6. The van der Waals surface area contributed by atoms with E-state index in [0.29, 0.717) is 33.4 Å². The van der Waals surface area contributed by atoms with Gasteiger partial charge in [-0.2, -0.15) is 20.5 Å². The van der Waals surface area contributed by atoms with Gasteiger partial charge in [-0.25, -0.2) is 0 Å². The van der Waals surface area contributed by atoms with E-state index in [1.165, 1.54) is 12.4 Å². The van der Waals surface area contributed by atoms with E-state index < -0.39 is 37.0 Å². The first kappa shape index (κ1) is 52.0. The number of hydrogen-bond acceptors (Lipinski definition) is 16. The molecule has 0 aliphatic heterocycles. The van der Waals surface area contributed by atoms with Crippen molar-refractivity contribution in [3.8, 4) is 46.8 Å². The van der Waals surface area contributed by atoms with Gasteiger partial charge >= 0.3 is 11.9 Å². The Kier molecular flexibility index (Phi) is 18.8. The molecule has 0 saturated carbocycles. The van der Waals surface area contributed by atoms with Crippen LogP contribution in [0.2, 0.25) is 10.0 Å². The third kappa shape index (κ3) is 14.8. The second-order valence-electron chi connectivity index (χ2n) is 16.0. The van der Waals surface area contributed by atoms with Gasteiger partial charge in [0.25, 0.3) is 0 Å². The number of carboxylic acid groups (broad SMARTS) is 2. The molecule has 0 saturated heterocycles. The van der Waals surface area contributed by atoms with Crippen LogP contribution in [0.3, 0.4) is 0 Å². The molecule has 0 fully saturated rings. The highest BCUT2D eigenvalue weighted by molar-refractivity contribution is 6.32. The highest BCUT2D eigenvalue weighted by Gasteiger charge is 2.20. The fourth-order valence-electron chi connectivity index (χ4n) is 7.10. The average Bonchev–Trinajstić information content (AvgIpc) is 3.33. The molecule has 0 amide bonds. The largest absolute Gasteiger partial charge is 0.481 e. The van der Waals surface area contributed by atoms with Gasteiger partial charge in [0.05, 0.1) is 36.2 Å². The molecule has 0 aliphatic carbocycles. The maximum Gasteiger partial charge on any atom is 0.306 e. The van der Waals surface area contributed by atoms with Crippen molar-refractivity contribution in [3.63, 3.8) is 0 Å². The van der Waals surface area contributed by atoms with Gasteiger partial charge in [-0.1, -0.05) is 59.6 Å². The third-order valence-electron chi connectivity index (χ3n) is 10.7. The molecule has 4 heterocycles. The van der Waals surface area contributed by atoms with E-state index in [9.17, 15) is 30.3 Å². The normalized spacial score (nSPS) is 11.8. The number of ether oxygens (including phenoxy) is 4. The lowest BCUT2D eigenvalue weighted by molar-refractivity contribution is -0.140. The molecule has 362 valence electrons. The number of carboxylic acids is 2. The van der Waals surface area contributed by atoms with E-state index in [-0.39, 0.29) is 86.2 Å². The van der Waals surface area contributed by atoms with Crippen molar-refractivity contribution < 1.29 is 49.0 Å². The molecule has 2 aromatic carbocycles. The number of rotatable bonds is 25. The first-order valence-electron chi connectivity index (χ1n) is 21.7. The molecule has 6 N–H and O–H groups in total. The predicted octanol–water partition coefficient (Wildman–Crippen LogP) is 6.77. The number of pyridine rings is 4. The van der Waals surface area contributed by atoms with Crippen LogP contribution in [0.5, 0.6) is 23.5 Å². The van der Waals surface area contributed by atoms with Crippen LogP contribution >= 0.6 is 23.2 Å². The molecule has 18 nitrogen and oxygen atoms in total. The van der Waals surface area contributed by atoms with Crippen molar-refractivity contribution >= 4 is 35.1 Å². The number of aliphatic hydroxyl groups excluding tert-OH is 2. The minimum atomic E-state index is -1.13. The van der Waals surface area contributed by atoms with Crippen LogP contribution in [0.4, 0.5) is 0 Å². The van der Waals surface area contributed by atoms with E-state index in [1.807, 2.05) is 50.2 Å². The molecule has 0 radical (unpaired) electrons. The maximum absolute atomic E-state index is 11.0. The van der Waals surface area contributed by atoms with Crippen LogP contribution in [0.15, 0.2) is 85.5 Å². The zero-order valence-electron chi connectivity index (χ0n) is 38.0. The predicted molar refractivity (Wildman–Crippen MR) is 255 cm³/mol. The minimum absolute atomic E-state index is 0.0102. The molecule has 0 spiro atoms.